The highest BCUT2D eigenvalue weighted by Crippen LogP contribution is 2.33. The number of nitrogen functional groups attached to an aromatic ring is 1. The molecule has 0 atom stereocenters. The molecule has 2 N–H and O–H groups in total. The number of hydrogen-bond acceptors (Lipinski definition) is 3. The van der Waals surface area contributed by atoms with Crippen molar-refractivity contribution < 1.29 is 4.74 Å². The lowest BCUT2D eigenvalue weighted by Crippen LogP contribution is -2.24. The van der Waals surface area contributed by atoms with Crippen LogP contribution in [0.2, 0.25) is 0 Å². The van der Waals surface area contributed by atoms with Crippen molar-refractivity contribution in [2.75, 3.05) is 30.3 Å². The van der Waals surface area contributed by atoms with Crippen molar-refractivity contribution >= 4 is 11.4 Å². The molecule has 0 unspecified atom stereocenters. The molecule has 0 saturated carbocycles. The van der Waals surface area contributed by atoms with Crippen LogP contribution < -0.4 is 15.4 Å². The van der Waals surface area contributed by atoms with Crippen molar-refractivity contribution in [2.24, 2.45) is 0 Å². The SMILES string of the molecule is Nc1cccc2c1N(CCCOc1ccccc1)CC2. The summed E-state index contributed by atoms with van der Waals surface area (Å²) in [6.45, 7) is 2.80. The molecule has 3 rings (SSSR count). The highest BCUT2D eigenvalue weighted by Gasteiger charge is 2.20. The van der Waals surface area contributed by atoms with Gasteiger partial charge in [0.15, 0.2) is 0 Å². The number of ether oxygens (including phenoxy) is 1. The summed E-state index contributed by atoms with van der Waals surface area (Å²) < 4.78 is 5.73. The topological polar surface area (TPSA) is 38.5 Å². The predicted molar refractivity (Wildman–Crippen MR) is 83.3 cm³/mol. The zero-order valence-corrected chi connectivity index (χ0v) is 11.6. The number of benzene rings is 2. The van der Waals surface area contributed by atoms with E-state index < -0.39 is 0 Å². The molecule has 1 aliphatic rings. The first-order chi connectivity index (χ1) is 9.84. The van der Waals surface area contributed by atoms with Gasteiger partial charge in [0.1, 0.15) is 5.75 Å². The maximum atomic E-state index is 6.08. The number of para-hydroxylation sites is 2. The molecule has 3 heteroatoms. The van der Waals surface area contributed by atoms with Crippen molar-refractivity contribution in [2.45, 2.75) is 12.8 Å². The fourth-order valence-electron chi connectivity index (χ4n) is 2.75. The zero-order chi connectivity index (χ0) is 13.8. The Hall–Kier alpha value is -2.16. The Morgan fingerprint density at radius 2 is 1.90 bits per heavy atom. The van der Waals surface area contributed by atoms with Gasteiger partial charge in [-0.1, -0.05) is 30.3 Å². The van der Waals surface area contributed by atoms with Crippen LogP contribution >= 0.6 is 0 Å². The molecule has 0 spiro atoms. The van der Waals surface area contributed by atoms with Crippen LogP contribution in [-0.4, -0.2) is 19.7 Å². The molecular formula is C17H20N2O. The maximum absolute atomic E-state index is 6.08. The lowest BCUT2D eigenvalue weighted by Gasteiger charge is -2.20. The molecule has 2 aromatic carbocycles. The Balaban J connectivity index is 1.51. The van der Waals surface area contributed by atoms with Crippen molar-refractivity contribution in [1.29, 1.82) is 0 Å². The van der Waals surface area contributed by atoms with Crippen LogP contribution in [0.15, 0.2) is 48.5 Å². The van der Waals surface area contributed by atoms with Gasteiger partial charge in [0, 0.05) is 13.1 Å². The van der Waals surface area contributed by atoms with E-state index in [-0.39, 0.29) is 0 Å². The van der Waals surface area contributed by atoms with Crippen LogP contribution in [0.4, 0.5) is 11.4 Å². The Labute approximate surface area is 120 Å². The summed E-state index contributed by atoms with van der Waals surface area (Å²) in [6, 6.07) is 16.2. The van der Waals surface area contributed by atoms with E-state index in [9.17, 15) is 0 Å². The molecule has 0 aromatic heterocycles. The van der Waals surface area contributed by atoms with Crippen LogP contribution in [0.1, 0.15) is 12.0 Å². The third kappa shape index (κ3) is 2.72. The Morgan fingerprint density at radius 1 is 1.05 bits per heavy atom. The Kier molecular flexibility index (Phi) is 3.77. The summed E-state index contributed by atoms with van der Waals surface area (Å²) >= 11 is 0. The predicted octanol–water partition coefficient (Wildman–Crippen LogP) is 3.10. The first-order valence-corrected chi connectivity index (χ1v) is 7.15. The van der Waals surface area contributed by atoms with E-state index in [0.29, 0.717) is 0 Å². The van der Waals surface area contributed by atoms with E-state index >= 15 is 0 Å². The van der Waals surface area contributed by atoms with E-state index in [1.807, 2.05) is 42.5 Å². The minimum Gasteiger partial charge on any atom is -0.494 e. The number of nitrogens with two attached hydrogens (primary N) is 1. The number of fused-ring (bicyclic) bond motifs is 1. The average molecular weight is 268 g/mol. The second kappa shape index (κ2) is 5.87. The van der Waals surface area contributed by atoms with Gasteiger partial charge in [-0.15, -0.1) is 0 Å². The molecule has 0 aliphatic carbocycles. The van der Waals surface area contributed by atoms with Crippen molar-refractivity contribution in [3.8, 4) is 5.75 Å². The molecule has 0 bridgehead atoms. The fraction of sp³-hybridized carbons (Fsp3) is 0.294. The highest BCUT2D eigenvalue weighted by molar-refractivity contribution is 5.74. The standard InChI is InChI=1S/C17H20N2O/c18-16-9-4-6-14-10-12-19(17(14)16)11-5-13-20-15-7-2-1-3-8-15/h1-4,6-9H,5,10-13,18H2. The van der Waals surface area contributed by atoms with Crippen LogP contribution in [0, 0.1) is 0 Å². The van der Waals surface area contributed by atoms with Gasteiger partial charge in [-0.3, -0.25) is 0 Å². The molecule has 104 valence electrons. The Morgan fingerprint density at radius 3 is 2.75 bits per heavy atom. The van der Waals surface area contributed by atoms with E-state index in [0.717, 1.165) is 44.0 Å². The maximum Gasteiger partial charge on any atom is 0.119 e. The molecule has 3 nitrogen and oxygen atoms in total. The third-order valence-corrected chi connectivity index (χ3v) is 3.70. The van der Waals surface area contributed by atoms with Crippen LogP contribution in [0.3, 0.4) is 0 Å². The summed E-state index contributed by atoms with van der Waals surface area (Å²) in [5.74, 6) is 0.939. The van der Waals surface area contributed by atoms with Crippen molar-refractivity contribution in [3.05, 3.63) is 54.1 Å². The second-order valence-electron chi connectivity index (χ2n) is 5.11. The van der Waals surface area contributed by atoms with Gasteiger partial charge in [-0.25, -0.2) is 0 Å². The molecule has 1 aliphatic heterocycles. The first kappa shape index (κ1) is 12.9. The molecule has 0 radical (unpaired) electrons. The number of rotatable bonds is 5. The van der Waals surface area contributed by atoms with Gasteiger partial charge in [-0.2, -0.15) is 0 Å². The zero-order valence-electron chi connectivity index (χ0n) is 11.6. The van der Waals surface area contributed by atoms with Gasteiger partial charge in [0.05, 0.1) is 18.0 Å². The summed E-state index contributed by atoms with van der Waals surface area (Å²) in [6.07, 6.45) is 2.10. The molecule has 1 heterocycles. The normalized spacial score (nSPS) is 13.3. The van der Waals surface area contributed by atoms with Gasteiger partial charge in [0.25, 0.3) is 0 Å². The third-order valence-electron chi connectivity index (χ3n) is 3.70. The Bertz CT molecular complexity index is 568. The van der Waals surface area contributed by atoms with E-state index in [2.05, 4.69) is 11.0 Å². The summed E-state index contributed by atoms with van der Waals surface area (Å²) in [7, 11) is 0. The second-order valence-corrected chi connectivity index (χ2v) is 5.11. The summed E-state index contributed by atoms with van der Waals surface area (Å²) in [5.41, 5.74) is 9.58. The lowest BCUT2D eigenvalue weighted by atomic mass is 10.1. The monoisotopic (exact) mass is 268 g/mol. The van der Waals surface area contributed by atoms with Crippen molar-refractivity contribution in [1.82, 2.24) is 0 Å². The molecule has 20 heavy (non-hydrogen) atoms. The summed E-state index contributed by atoms with van der Waals surface area (Å²) in [4.78, 5) is 2.37. The van der Waals surface area contributed by atoms with Crippen molar-refractivity contribution in [3.63, 3.8) is 0 Å². The largest absolute Gasteiger partial charge is 0.494 e. The fourth-order valence-corrected chi connectivity index (χ4v) is 2.75. The lowest BCUT2D eigenvalue weighted by molar-refractivity contribution is 0.312. The highest BCUT2D eigenvalue weighted by atomic mass is 16.5. The van der Waals surface area contributed by atoms with Gasteiger partial charge in [-0.05, 0) is 36.6 Å². The minimum absolute atomic E-state index is 0.739. The van der Waals surface area contributed by atoms with Gasteiger partial charge >= 0.3 is 0 Å². The molecular weight excluding hydrogens is 248 g/mol. The van der Waals surface area contributed by atoms with Crippen LogP contribution in [0.25, 0.3) is 0 Å². The number of hydrogen-bond donors (Lipinski definition) is 1. The van der Waals surface area contributed by atoms with E-state index in [1.54, 1.807) is 0 Å². The van der Waals surface area contributed by atoms with Crippen LogP contribution in [0.5, 0.6) is 5.75 Å². The van der Waals surface area contributed by atoms with Gasteiger partial charge < -0.3 is 15.4 Å². The molecule has 0 amide bonds. The number of anilines is 2. The summed E-state index contributed by atoms with van der Waals surface area (Å²) in [5, 5.41) is 0. The van der Waals surface area contributed by atoms with E-state index in [4.69, 9.17) is 10.5 Å². The van der Waals surface area contributed by atoms with Gasteiger partial charge in [0.2, 0.25) is 0 Å². The molecule has 0 fully saturated rings. The first-order valence-electron chi connectivity index (χ1n) is 7.15. The average Bonchev–Trinajstić information content (AvgIpc) is 2.89. The quantitative estimate of drug-likeness (QED) is 0.669. The van der Waals surface area contributed by atoms with E-state index in [1.165, 1.54) is 11.3 Å². The molecule has 0 saturated heterocycles. The minimum atomic E-state index is 0.739. The smallest absolute Gasteiger partial charge is 0.119 e. The molecule has 2 aromatic rings. The number of nitrogens with zero attached hydrogens (tertiary/aromatic N) is 1. The van der Waals surface area contributed by atoms with Crippen LogP contribution in [-0.2, 0) is 6.42 Å².